The SMILES string of the molecule is C1=CC2=Nc3c(c4cc5sc6ccc(-c7ccccc7)cc6c5c5c6ccccc6n3c45)NC2C=C1. The lowest BCUT2D eigenvalue weighted by Gasteiger charge is -2.23. The van der Waals surface area contributed by atoms with Crippen LogP contribution in [0.2, 0.25) is 0 Å². The summed E-state index contributed by atoms with van der Waals surface area (Å²) in [6.45, 7) is 0. The Labute approximate surface area is 210 Å². The van der Waals surface area contributed by atoms with E-state index in [1.807, 2.05) is 11.3 Å². The van der Waals surface area contributed by atoms with E-state index in [2.05, 4.69) is 113 Å². The molecule has 0 fully saturated rings. The van der Waals surface area contributed by atoms with Crippen molar-refractivity contribution in [3.8, 4) is 11.1 Å². The zero-order chi connectivity index (χ0) is 23.4. The van der Waals surface area contributed by atoms with Crippen LogP contribution >= 0.6 is 11.3 Å². The van der Waals surface area contributed by atoms with E-state index in [0.717, 1.165) is 17.2 Å². The maximum Gasteiger partial charge on any atom is 0.162 e. The lowest BCUT2D eigenvalue weighted by molar-refractivity contribution is 1.11. The quantitative estimate of drug-likeness (QED) is 0.252. The zero-order valence-electron chi connectivity index (χ0n) is 19.2. The average Bonchev–Trinajstić information content (AvgIpc) is 3.57. The van der Waals surface area contributed by atoms with Gasteiger partial charge in [0.1, 0.15) is 0 Å². The minimum Gasteiger partial charge on any atom is -0.370 e. The first-order valence-corrected chi connectivity index (χ1v) is 13.1. The summed E-state index contributed by atoms with van der Waals surface area (Å²) in [7, 11) is 0. The Bertz CT molecular complexity index is 2120. The van der Waals surface area contributed by atoms with Crippen molar-refractivity contribution in [2.24, 2.45) is 4.99 Å². The maximum atomic E-state index is 5.18. The van der Waals surface area contributed by atoms with Crippen LogP contribution in [0.1, 0.15) is 0 Å². The van der Waals surface area contributed by atoms with E-state index >= 15 is 0 Å². The highest BCUT2D eigenvalue weighted by atomic mass is 32.1. The first-order valence-electron chi connectivity index (χ1n) is 12.3. The minimum absolute atomic E-state index is 0.117. The molecular formula is C32H19N3S. The number of nitrogens with zero attached hydrogens (tertiary/aromatic N) is 2. The fraction of sp³-hybridized carbons (Fsp3) is 0.0312. The monoisotopic (exact) mass is 477 g/mol. The molecule has 1 N–H and O–H groups in total. The van der Waals surface area contributed by atoms with Crippen molar-refractivity contribution in [3.05, 3.63) is 103 Å². The summed E-state index contributed by atoms with van der Waals surface area (Å²) in [6.07, 6.45) is 8.47. The van der Waals surface area contributed by atoms with Crippen LogP contribution in [0, 0.1) is 0 Å². The summed E-state index contributed by atoms with van der Waals surface area (Å²) in [5.41, 5.74) is 7.19. The molecule has 168 valence electrons. The molecular weight excluding hydrogens is 458 g/mol. The van der Waals surface area contributed by atoms with Crippen LogP contribution in [-0.2, 0) is 0 Å². The number of thiophene rings is 1. The molecule has 36 heavy (non-hydrogen) atoms. The molecule has 7 aromatic rings. The van der Waals surface area contributed by atoms with Crippen LogP contribution < -0.4 is 5.32 Å². The highest BCUT2D eigenvalue weighted by Crippen LogP contribution is 2.51. The molecule has 2 aliphatic rings. The van der Waals surface area contributed by atoms with E-state index in [-0.39, 0.29) is 6.04 Å². The number of para-hydroxylation sites is 1. The molecule has 1 aliphatic heterocycles. The van der Waals surface area contributed by atoms with E-state index in [4.69, 9.17) is 4.99 Å². The molecule has 0 saturated heterocycles. The highest BCUT2D eigenvalue weighted by Gasteiger charge is 2.29. The fourth-order valence-electron chi connectivity index (χ4n) is 6.16. The van der Waals surface area contributed by atoms with Crippen molar-refractivity contribution in [3.63, 3.8) is 0 Å². The highest BCUT2D eigenvalue weighted by molar-refractivity contribution is 7.26. The van der Waals surface area contributed by atoms with Gasteiger partial charge < -0.3 is 5.32 Å². The smallest absolute Gasteiger partial charge is 0.162 e. The Morgan fingerprint density at radius 3 is 2.58 bits per heavy atom. The van der Waals surface area contributed by atoms with Gasteiger partial charge in [-0.25, -0.2) is 4.99 Å². The van der Waals surface area contributed by atoms with Gasteiger partial charge in [-0.15, -0.1) is 11.3 Å². The van der Waals surface area contributed by atoms with Gasteiger partial charge >= 0.3 is 0 Å². The molecule has 3 nitrogen and oxygen atoms in total. The Morgan fingerprint density at radius 1 is 0.750 bits per heavy atom. The van der Waals surface area contributed by atoms with E-state index in [0.29, 0.717) is 0 Å². The van der Waals surface area contributed by atoms with Gasteiger partial charge in [-0.05, 0) is 41.5 Å². The number of benzene rings is 4. The Hall–Kier alpha value is -4.41. The van der Waals surface area contributed by atoms with Crippen molar-refractivity contribution < 1.29 is 0 Å². The number of allylic oxidation sites excluding steroid dienone is 2. The van der Waals surface area contributed by atoms with Crippen LogP contribution in [0.5, 0.6) is 0 Å². The molecule has 1 aliphatic carbocycles. The molecule has 4 aromatic carbocycles. The lowest BCUT2D eigenvalue weighted by Crippen LogP contribution is -2.29. The van der Waals surface area contributed by atoms with E-state index in [9.17, 15) is 0 Å². The van der Waals surface area contributed by atoms with Crippen LogP contribution in [0.15, 0.2) is 108 Å². The van der Waals surface area contributed by atoms with Gasteiger partial charge in [0.15, 0.2) is 5.82 Å². The Kier molecular flexibility index (Phi) is 3.47. The van der Waals surface area contributed by atoms with Gasteiger partial charge in [0.25, 0.3) is 0 Å². The zero-order valence-corrected chi connectivity index (χ0v) is 20.0. The molecule has 1 atom stereocenters. The summed E-state index contributed by atoms with van der Waals surface area (Å²) in [5.74, 6) is 1.01. The normalized spacial score (nSPS) is 16.8. The van der Waals surface area contributed by atoms with Gasteiger partial charge in [0.2, 0.25) is 0 Å². The topological polar surface area (TPSA) is 28.8 Å². The van der Waals surface area contributed by atoms with Crippen LogP contribution in [0.3, 0.4) is 0 Å². The molecule has 0 bridgehead atoms. The molecule has 0 spiro atoms. The number of fused-ring (bicyclic) bond motifs is 11. The lowest BCUT2D eigenvalue weighted by atomic mass is 9.99. The number of hydrogen-bond donors (Lipinski definition) is 1. The molecule has 9 rings (SSSR count). The number of hydrogen-bond acceptors (Lipinski definition) is 3. The number of aliphatic imine (C=N–C) groups is 1. The number of nitrogens with one attached hydrogen (secondary N) is 1. The van der Waals surface area contributed by atoms with Crippen molar-refractivity contribution in [1.82, 2.24) is 4.40 Å². The van der Waals surface area contributed by atoms with Gasteiger partial charge in [0, 0.05) is 36.3 Å². The summed E-state index contributed by atoms with van der Waals surface area (Å²) in [5, 5.41) is 10.4. The standard InChI is InChI=1S/C32H19N3S/c1-2-8-18(9-3-1)19-14-15-26-21(16-19)28-27(36-26)17-22-30-32(34-24-12-6-5-11-23(24)33-30)35-25-13-7-4-10-20(25)29(28)31(22)35/h1-17,23,33H. The first-order chi connectivity index (χ1) is 17.8. The van der Waals surface area contributed by atoms with Crippen molar-refractivity contribution >= 4 is 75.9 Å². The summed E-state index contributed by atoms with van der Waals surface area (Å²) in [4.78, 5) is 5.18. The largest absolute Gasteiger partial charge is 0.370 e. The Balaban J connectivity index is 1.47. The first kappa shape index (κ1) is 18.9. The predicted octanol–water partition coefficient (Wildman–Crippen LogP) is 8.71. The van der Waals surface area contributed by atoms with Gasteiger partial charge in [-0.3, -0.25) is 4.40 Å². The summed E-state index contributed by atoms with van der Waals surface area (Å²) < 4.78 is 5.03. The fourth-order valence-corrected chi connectivity index (χ4v) is 7.30. The molecule has 3 aromatic heterocycles. The van der Waals surface area contributed by atoms with Gasteiger partial charge in [0.05, 0.1) is 28.5 Å². The van der Waals surface area contributed by atoms with Crippen LogP contribution in [0.25, 0.3) is 58.5 Å². The minimum atomic E-state index is 0.117. The molecule has 0 radical (unpaired) electrons. The van der Waals surface area contributed by atoms with Crippen molar-refractivity contribution in [2.45, 2.75) is 6.04 Å². The van der Waals surface area contributed by atoms with Crippen LogP contribution in [-0.4, -0.2) is 16.2 Å². The maximum absolute atomic E-state index is 5.18. The van der Waals surface area contributed by atoms with E-state index in [1.54, 1.807) is 0 Å². The number of anilines is 1. The predicted molar refractivity (Wildman–Crippen MR) is 155 cm³/mol. The van der Waals surface area contributed by atoms with E-state index < -0.39 is 0 Å². The van der Waals surface area contributed by atoms with Crippen LogP contribution in [0.4, 0.5) is 11.5 Å². The second-order valence-corrected chi connectivity index (χ2v) is 10.7. The average molecular weight is 478 g/mol. The van der Waals surface area contributed by atoms with E-state index in [1.165, 1.54) is 58.5 Å². The number of aromatic nitrogens is 1. The molecule has 4 heterocycles. The summed E-state index contributed by atoms with van der Waals surface area (Å²) >= 11 is 1.89. The third-order valence-corrected chi connectivity index (χ3v) is 8.84. The van der Waals surface area contributed by atoms with Gasteiger partial charge in [-0.1, -0.05) is 72.8 Å². The second-order valence-electron chi connectivity index (χ2n) is 9.65. The molecule has 1 unspecified atom stereocenters. The Morgan fingerprint density at radius 2 is 1.64 bits per heavy atom. The third-order valence-electron chi connectivity index (χ3n) is 7.72. The van der Waals surface area contributed by atoms with Gasteiger partial charge in [-0.2, -0.15) is 0 Å². The third kappa shape index (κ3) is 2.30. The summed E-state index contributed by atoms with van der Waals surface area (Å²) in [6, 6.07) is 28.9. The second kappa shape index (κ2) is 6.62. The van der Waals surface area contributed by atoms with Crippen molar-refractivity contribution in [1.29, 1.82) is 0 Å². The molecule has 0 saturated carbocycles. The number of rotatable bonds is 1. The van der Waals surface area contributed by atoms with Crippen molar-refractivity contribution in [2.75, 3.05) is 5.32 Å². The molecule has 4 heteroatoms. The molecule has 0 amide bonds.